The number of ether oxygens (including phenoxy) is 1. The van der Waals surface area contributed by atoms with Crippen molar-refractivity contribution in [2.24, 2.45) is 0 Å². The van der Waals surface area contributed by atoms with E-state index >= 15 is 0 Å². The van der Waals surface area contributed by atoms with Crippen molar-refractivity contribution in [2.75, 3.05) is 12.4 Å². The molecule has 1 fully saturated rings. The molecule has 2 aromatic rings. The molecule has 1 aromatic carbocycles. The number of para-hydroxylation sites is 1. The largest absolute Gasteiger partial charge is 0.389 e. The minimum absolute atomic E-state index is 0.116. The van der Waals surface area contributed by atoms with Crippen LogP contribution < -0.4 is 0 Å². The Labute approximate surface area is 129 Å². The van der Waals surface area contributed by atoms with Gasteiger partial charge in [0, 0.05) is 18.2 Å². The fraction of sp³-hybridized carbons (Fsp3) is 0.438. The first kappa shape index (κ1) is 15.4. The van der Waals surface area contributed by atoms with E-state index in [1.807, 2.05) is 30.3 Å². The summed E-state index contributed by atoms with van der Waals surface area (Å²) in [6, 6.07) is 9.40. The Morgan fingerprint density at radius 1 is 1.36 bits per heavy atom. The Hall–Kier alpha value is -1.50. The van der Waals surface area contributed by atoms with Gasteiger partial charge in [-0.2, -0.15) is 0 Å². The number of rotatable bonds is 5. The number of aromatic nitrogens is 1. The predicted molar refractivity (Wildman–Crippen MR) is 84.2 cm³/mol. The van der Waals surface area contributed by atoms with Gasteiger partial charge in [0.25, 0.3) is 0 Å². The number of pyridine rings is 1. The molecule has 3 rings (SSSR count). The van der Waals surface area contributed by atoms with Gasteiger partial charge in [-0.1, -0.05) is 18.2 Å². The molecular weight excluding hydrogens is 302 g/mol. The maximum Gasteiger partial charge on any atom is 0.157 e. The van der Waals surface area contributed by atoms with Crippen LogP contribution in [0, 0.1) is 0 Å². The standard InChI is InChI=1S/C16H19NO4S/c18-15(16-6-3-7-21-16)11-22(19,20)10-12-8-13-4-1-2-5-14(13)17-9-12/h1-2,4-5,8-9,15-16,18H,3,6-7,10-11H2/t15?,16-/m1/s1. The fourth-order valence-electron chi connectivity index (χ4n) is 2.78. The van der Waals surface area contributed by atoms with E-state index in [1.54, 1.807) is 6.20 Å². The third-order valence-corrected chi connectivity index (χ3v) is 5.47. The summed E-state index contributed by atoms with van der Waals surface area (Å²) in [6.07, 6.45) is 1.86. The lowest BCUT2D eigenvalue weighted by molar-refractivity contribution is 0.0102. The minimum atomic E-state index is -3.41. The van der Waals surface area contributed by atoms with Crippen LogP contribution in [0.25, 0.3) is 10.9 Å². The quantitative estimate of drug-likeness (QED) is 0.907. The number of aliphatic hydroxyl groups is 1. The van der Waals surface area contributed by atoms with Gasteiger partial charge >= 0.3 is 0 Å². The number of sulfone groups is 1. The average molecular weight is 321 g/mol. The highest BCUT2D eigenvalue weighted by Crippen LogP contribution is 2.19. The van der Waals surface area contributed by atoms with Crippen LogP contribution >= 0.6 is 0 Å². The lowest BCUT2D eigenvalue weighted by atomic mass is 10.1. The molecule has 1 aliphatic rings. The number of benzene rings is 1. The molecule has 5 nitrogen and oxygen atoms in total. The average Bonchev–Trinajstić information content (AvgIpc) is 3.00. The van der Waals surface area contributed by atoms with Gasteiger partial charge in [-0.3, -0.25) is 4.98 Å². The minimum Gasteiger partial charge on any atom is -0.389 e. The van der Waals surface area contributed by atoms with Gasteiger partial charge in [0.05, 0.1) is 29.2 Å². The first-order valence-electron chi connectivity index (χ1n) is 7.37. The van der Waals surface area contributed by atoms with Crippen molar-refractivity contribution in [2.45, 2.75) is 30.8 Å². The van der Waals surface area contributed by atoms with Gasteiger partial charge in [0.2, 0.25) is 0 Å². The molecule has 1 aromatic heterocycles. The highest BCUT2D eigenvalue weighted by Gasteiger charge is 2.28. The highest BCUT2D eigenvalue weighted by atomic mass is 32.2. The molecule has 1 unspecified atom stereocenters. The van der Waals surface area contributed by atoms with Gasteiger partial charge in [-0.15, -0.1) is 0 Å². The summed E-state index contributed by atoms with van der Waals surface area (Å²) in [7, 11) is -3.41. The highest BCUT2D eigenvalue weighted by molar-refractivity contribution is 7.90. The second-order valence-electron chi connectivity index (χ2n) is 5.71. The molecule has 22 heavy (non-hydrogen) atoms. The van der Waals surface area contributed by atoms with E-state index in [-0.39, 0.29) is 17.6 Å². The summed E-state index contributed by atoms with van der Waals surface area (Å²) in [6.45, 7) is 0.594. The Morgan fingerprint density at radius 3 is 2.95 bits per heavy atom. The second-order valence-corrected chi connectivity index (χ2v) is 7.82. The molecule has 1 saturated heterocycles. The van der Waals surface area contributed by atoms with E-state index in [0.717, 1.165) is 17.3 Å². The molecule has 0 aliphatic carbocycles. The maximum absolute atomic E-state index is 12.3. The van der Waals surface area contributed by atoms with Crippen LogP contribution in [-0.2, 0) is 20.3 Å². The first-order chi connectivity index (χ1) is 10.5. The van der Waals surface area contributed by atoms with E-state index in [0.29, 0.717) is 18.6 Å². The first-order valence-corrected chi connectivity index (χ1v) is 9.19. The second kappa shape index (κ2) is 6.32. The lowest BCUT2D eigenvalue weighted by Crippen LogP contribution is -2.33. The zero-order chi connectivity index (χ0) is 15.6. The summed E-state index contributed by atoms with van der Waals surface area (Å²) >= 11 is 0. The van der Waals surface area contributed by atoms with Crippen molar-refractivity contribution in [1.82, 2.24) is 4.98 Å². The summed E-state index contributed by atoms with van der Waals surface area (Å²) in [5, 5.41) is 10.9. The molecule has 0 saturated carbocycles. The van der Waals surface area contributed by atoms with Crippen molar-refractivity contribution < 1.29 is 18.3 Å². The summed E-state index contributed by atoms with van der Waals surface area (Å²) in [4.78, 5) is 4.27. The summed E-state index contributed by atoms with van der Waals surface area (Å²) in [5.74, 6) is -0.390. The van der Waals surface area contributed by atoms with Crippen LogP contribution in [-0.4, -0.2) is 43.1 Å². The van der Waals surface area contributed by atoms with E-state index in [9.17, 15) is 13.5 Å². The van der Waals surface area contributed by atoms with Crippen LogP contribution in [0.2, 0.25) is 0 Å². The van der Waals surface area contributed by atoms with Gasteiger partial charge < -0.3 is 9.84 Å². The van der Waals surface area contributed by atoms with Gasteiger partial charge in [0.1, 0.15) is 0 Å². The zero-order valence-electron chi connectivity index (χ0n) is 12.2. The van der Waals surface area contributed by atoms with Gasteiger partial charge in [-0.05, 0) is 30.5 Å². The molecule has 0 spiro atoms. The van der Waals surface area contributed by atoms with Crippen molar-refractivity contribution in [3.05, 3.63) is 42.1 Å². The van der Waals surface area contributed by atoms with Crippen molar-refractivity contribution in [1.29, 1.82) is 0 Å². The number of nitrogens with zero attached hydrogens (tertiary/aromatic N) is 1. The van der Waals surface area contributed by atoms with Crippen molar-refractivity contribution in [3.63, 3.8) is 0 Å². The smallest absolute Gasteiger partial charge is 0.157 e. The monoisotopic (exact) mass is 321 g/mol. The molecule has 0 amide bonds. The van der Waals surface area contributed by atoms with Crippen LogP contribution in [0.15, 0.2) is 36.5 Å². The molecule has 2 atom stereocenters. The Kier molecular flexibility index (Phi) is 4.42. The predicted octanol–water partition coefficient (Wildman–Crippen LogP) is 1.69. The van der Waals surface area contributed by atoms with Crippen LogP contribution in [0.4, 0.5) is 0 Å². The number of hydrogen-bond acceptors (Lipinski definition) is 5. The third-order valence-electron chi connectivity index (χ3n) is 3.85. The zero-order valence-corrected chi connectivity index (χ0v) is 13.0. The Bertz CT molecular complexity index is 754. The molecule has 118 valence electrons. The molecule has 0 radical (unpaired) electrons. The van der Waals surface area contributed by atoms with Gasteiger partial charge in [0.15, 0.2) is 9.84 Å². The topological polar surface area (TPSA) is 76.5 Å². The van der Waals surface area contributed by atoms with Crippen LogP contribution in [0.1, 0.15) is 18.4 Å². The summed E-state index contributed by atoms with van der Waals surface area (Å²) < 4.78 is 29.9. The Balaban J connectivity index is 1.71. The normalized spacial score (nSPS) is 20.3. The molecule has 2 heterocycles. The van der Waals surface area contributed by atoms with E-state index in [1.165, 1.54) is 0 Å². The number of fused-ring (bicyclic) bond motifs is 1. The molecule has 1 aliphatic heterocycles. The lowest BCUT2D eigenvalue weighted by Gasteiger charge is -2.17. The number of aliphatic hydroxyl groups excluding tert-OH is 1. The van der Waals surface area contributed by atoms with Crippen LogP contribution in [0.3, 0.4) is 0 Å². The van der Waals surface area contributed by atoms with Crippen molar-refractivity contribution >= 4 is 20.7 Å². The van der Waals surface area contributed by atoms with Crippen molar-refractivity contribution in [3.8, 4) is 0 Å². The molecule has 6 heteroatoms. The van der Waals surface area contributed by atoms with E-state index in [2.05, 4.69) is 4.98 Å². The maximum atomic E-state index is 12.3. The molecule has 0 bridgehead atoms. The van der Waals surface area contributed by atoms with E-state index in [4.69, 9.17) is 4.74 Å². The summed E-state index contributed by atoms with van der Waals surface area (Å²) in [5.41, 5.74) is 1.47. The Morgan fingerprint density at radius 2 is 2.18 bits per heavy atom. The van der Waals surface area contributed by atoms with Gasteiger partial charge in [-0.25, -0.2) is 8.42 Å². The molecule has 1 N–H and O–H groups in total. The number of hydrogen-bond donors (Lipinski definition) is 1. The third kappa shape index (κ3) is 3.63. The van der Waals surface area contributed by atoms with E-state index < -0.39 is 15.9 Å². The van der Waals surface area contributed by atoms with Crippen LogP contribution in [0.5, 0.6) is 0 Å². The fourth-order valence-corrected chi connectivity index (χ4v) is 4.30. The SMILES string of the molecule is O=S(=O)(Cc1cnc2ccccc2c1)CC(O)[C@H]1CCCO1. The molecular formula is C16H19NO4S.